The van der Waals surface area contributed by atoms with Crippen molar-refractivity contribution in [2.24, 2.45) is 5.92 Å². The van der Waals surface area contributed by atoms with Crippen LogP contribution in [-0.4, -0.2) is 34.0 Å². The van der Waals surface area contributed by atoms with E-state index in [4.69, 9.17) is 12.2 Å². The second-order valence-corrected chi connectivity index (χ2v) is 7.56. The van der Waals surface area contributed by atoms with Gasteiger partial charge in [-0.25, -0.2) is 0 Å². The summed E-state index contributed by atoms with van der Waals surface area (Å²) in [6.45, 7) is 2.08. The predicted octanol–water partition coefficient (Wildman–Crippen LogP) is 3.28. The zero-order valence-electron chi connectivity index (χ0n) is 13.0. The summed E-state index contributed by atoms with van der Waals surface area (Å²) in [7, 11) is 0. The van der Waals surface area contributed by atoms with Crippen molar-refractivity contribution in [2.45, 2.75) is 38.3 Å². The topological polar surface area (TPSA) is 32.3 Å². The van der Waals surface area contributed by atoms with E-state index in [1.807, 2.05) is 4.90 Å². The lowest BCUT2D eigenvalue weighted by Crippen LogP contribution is -2.36. The van der Waals surface area contributed by atoms with Gasteiger partial charge in [-0.1, -0.05) is 29.8 Å². The highest BCUT2D eigenvalue weighted by Crippen LogP contribution is 2.45. The molecule has 1 N–H and O–H groups in total. The molecule has 1 aromatic rings. The molecule has 1 heterocycles. The lowest BCUT2D eigenvalue weighted by molar-refractivity contribution is -0.129. The van der Waals surface area contributed by atoms with Gasteiger partial charge in [-0.15, -0.1) is 0 Å². The van der Waals surface area contributed by atoms with Crippen molar-refractivity contribution in [2.75, 3.05) is 12.0 Å². The number of amides is 1. The molecule has 1 aliphatic carbocycles. The minimum atomic E-state index is -0.147. The van der Waals surface area contributed by atoms with Crippen LogP contribution in [0.2, 0.25) is 0 Å². The third kappa shape index (κ3) is 3.15. The van der Waals surface area contributed by atoms with Crippen molar-refractivity contribution in [1.29, 1.82) is 0 Å². The van der Waals surface area contributed by atoms with E-state index in [9.17, 15) is 4.79 Å². The van der Waals surface area contributed by atoms with Gasteiger partial charge in [0, 0.05) is 0 Å². The number of nitrogens with one attached hydrogen (secondary N) is 1. The molecule has 0 bridgehead atoms. The SMILES string of the molecule is CSCC[C@H]1NC(=S)N([C@H](c2ccc(C)cc2)C2CC2)C1=O. The van der Waals surface area contributed by atoms with Gasteiger partial charge >= 0.3 is 0 Å². The van der Waals surface area contributed by atoms with Gasteiger partial charge < -0.3 is 5.32 Å². The first-order valence-corrected chi connectivity index (χ1v) is 9.61. The average Bonchev–Trinajstić information content (AvgIpc) is 3.29. The molecular formula is C17H22N2OS2. The molecule has 2 aliphatic rings. The molecule has 118 valence electrons. The highest BCUT2D eigenvalue weighted by molar-refractivity contribution is 7.98. The minimum Gasteiger partial charge on any atom is -0.350 e. The molecule has 2 fully saturated rings. The third-order valence-corrected chi connectivity index (χ3v) is 5.39. The molecule has 5 heteroatoms. The number of benzene rings is 1. The molecule has 0 aromatic heterocycles. The van der Waals surface area contributed by atoms with Gasteiger partial charge in [0.15, 0.2) is 5.11 Å². The van der Waals surface area contributed by atoms with Crippen molar-refractivity contribution in [3.63, 3.8) is 0 Å². The van der Waals surface area contributed by atoms with Crippen LogP contribution >= 0.6 is 24.0 Å². The molecule has 2 atom stereocenters. The Morgan fingerprint density at radius 2 is 2.05 bits per heavy atom. The third-order valence-electron chi connectivity index (χ3n) is 4.43. The maximum atomic E-state index is 12.8. The van der Waals surface area contributed by atoms with Gasteiger partial charge in [0.1, 0.15) is 6.04 Å². The quantitative estimate of drug-likeness (QED) is 0.809. The zero-order valence-corrected chi connectivity index (χ0v) is 14.7. The molecule has 0 spiro atoms. The first-order valence-electron chi connectivity index (χ1n) is 7.81. The van der Waals surface area contributed by atoms with Crippen molar-refractivity contribution in [3.05, 3.63) is 35.4 Å². The van der Waals surface area contributed by atoms with Crippen LogP contribution in [0.15, 0.2) is 24.3 Å². The van der Waals surface area contributed by atoms with Crippen molar-refractivity contribution in [3.8, 4) is 0 Å². The number of rotatable bonds is 6. The van der Waals surface area contributed by atoms with Crippen molar-refractivity contribution in [1.82, 2.24) is 10.2 Å². The monoisotopic (exact) mass is 334 g/mol. The Balaban J connectivity index is 1.84. The second-order valence-electron chi connectivity index (χ2n) is 6.18. The smallest absolute Gasteiger partial charge is 0.251 e. The molecule has 22 heavy (non-hydrogen) atoms. The van der Waals surface area contributed by atoms with Crippen LogP contribution in [0.25, 0.3) is 0 Å². The Labute approximate surface area is 141 Å². The van der Waals surface area contributed by atoms with Gasteiger partial charge in [-0.05, 0) is 61.9 Å². The number of hydrogen-bond donors (Lipinski definition) is 1. The average molecular weight is 335 g/mol. The maximum Gasteiger partial charge on any atom is 0.251 e. The fourth-order valence-electron chi connectivity index (χ4n) is 3.05. The fourth-order valence-corrected chi connectivity index (χ4v) is 3.87. The Hall–Kier alpha value is -1.07. The van der Waals surface area contributed by atoms with Crippen LogP contribution in [0.4, 0.5) is 0 Å². The molecule has 0 unspecified atom stereocenters. The van der Waals surface area contributed by atoms with Crippen LogP contribution < -0.4 is 5.32 Å². The predicted molar refractivity (Wildman–Crippen MR) is 96.0 cm³/mol. The van der Waals surface area contributed by atoms with Crippen LogP contribution in [0.5, 0.6) is 0 Å². The molecule has 1 aliphatic heterocycles. The Bertz CT molecular complexity index is 569. The van der Waals surface area contributed by atoms with E-state index in [1.165, 1.54) is 24.0 Å². The molecule has 1 aromatic carbocycles. The normalized spacial score (nSPS) is 22.8. The van der Waals surface area contributed by atoms with Crippen molar-refractivity contribution >= 4 is 35.0 Å². The molecular weight excluding hydrogens is 312 g/mol. The largest absolute Gasteiger partial charge is 0.350 e. The lowest BCUT2D eigenvalue weighted by Gasteiger charge is -2.27. The van der Waals surface area contributed by atoms with Gasteiger partial charge in [0.2, 0.25) is 0 Å². The summed E-state index contributed by atoms with van der Waals surface area (Å²) < 4.78 is 0. The van der Waals surface area contributed by atoms with Gasteiger partial charge in [-0.3, -0.25) is 9.69 Å². The Morgan fingerprint density at radius 1 is 1.36 bits per heavy atom. The standard InChI is InChI=1S/C17H22N2OS2/c1-11-3-5-12(6-4-11)15(13-7-8-13)19-16(20)14(9-10-22-2)18-17(19)21/h3-6,13-15H,7-10H2,1-2H3,(H,18,21)/t14-,15-/m1/s1. The second kappa shape index (κ2) is 6.59. The van der Waals surface area contributed by atoms with Crippen LogP contribution in [0.1, 0.15) is 36.4 Å². The van der Waals surface area contributed by atoms with Gasteiger partial charge in [0.25, 0.3) is 5.91 Å². The minimum absolute atomic E-state index is 0.104. The van der Waals surface area contributed by atoms with E-state index in [1.54, 1.807) is 11.8 Å². The zero-order chi connectivity index (χ0) is 15.7. The lowest BCUT2D eigenvalue weighted by atomic mass is 9.99. The summed E-state index contributed by atoms with van der Waals surface area (Å²) in [6, 6.07) is 8.48. The van der Waals surface area contributed by atoms with Crippen LogP contribution in [0, 0.1) is 12.8 Å². The summed E-state index contributed by atoms with van der Waals surface area (Å²) in [4.78, 5) is 14.7. The molecule has 3 rings (SSSR count). The number of aryl methyl sites for hydroxylation is 1. The number of nitrogens with zero attached hydrogens (tertiary/aromatic N) is 1. The number of thiocarbonyl (C=S) groups is 1. The van der Waals surface area contributed by atoms with Crippen LogP contribution in [0.3, 0.4) is 0 Å². The maximum absolute atomic E-state index is 12.8. The molecule has 1 saturated heterocycles. The van der Waals surface area contributed by atoms with E-state index in [0.717, 1.165) is 12.2 Å². The van der Waals surface area contributed by atoms with E-state index in [-0.39, 0.29) is 18.0 Å². The molecule has 3 nitrogen and oxygen atoms in total. The first kappa shape index (κ1) is 15.8. The Kier molecular flexibility index (Phi) is 4.73. The number of carbonyl (C=O) groups excluding carboxylic acids is 1. The van der Waals surface area contributed by atoms with E-state index in [2.05, 4.69) is 42.8 Å². The highest BCUT2D eigenvalue weighted by Gasteiger charge is 2.45. The molecule has 1 amide bonds. The summed E-state index contributed by atoms with van der Waals surface area (Å²) in [6.07, 6.45) is 5.26. The highest BCUT2D eigenvalue weighted by atomic mass is 32.2. The molecule has 0 radical (unpaired) electrons. The Morgan fingerprint density at radius 3 is 2.64 bits per heavy atom. The summed E-state index contributed by atoms with van der Waals surface area (Å²) in [5.74, 6) is 1.67. The summed E-state index contributed by atoms with van der Waals surface area (Å²) in [5.41, 5.74) is 2.45. The van der Waals surface area contributed by atoms with Crippen molar-refractivity contribution < 1.29 is 4.79 Å². The van der Waals surface area contributed by atoms with E-state index >= 15 is 0 Å². The van der Waals surface area contributed by atoms with E-state index < -0.39 is 0 Å². The van der Waals surface area contributed by atoms with E-state index in [0.29, 0.717) is 11.0 Å². The summed E-state index contributed by atoms with van der Waals surface area (Å²) in [5, 5.41) is 3.83. The van der Waals surface area contributed by atoms with Crippen LogP contribution in [-0.2, 0) is 4.79 Å². The van der Waals surface area contributed by atoms with Gasteiger partial charge in [0.05, 0.1) is 6.04 Å². The molecule has 1 saturated carbocycles. The number of hydrogen-bond acceptors (Lipinski definition) is 3. The fraction of sp³-hybridized carbons (Fsp3) is 0.529. The van der Waals surface area contributed by atoms with Gasteiger partial charge in [-0.2, -0.15) is 11.8 Å². The number of carbonyl (C=O) groups is 1. The summed E-state index contributed by atoms with van der Waals surface area (Å²) >= 11 is 7.25. The number of thioether (sulfide) groups is 1. The first-order chi connectivity index (χ1) is 10.6.